The topological polar surface area (TPSA) is 66.8 Å². The van der Waals surface area contributed by atoms with Gasteiger partial charge in [-0.2, -0.15) is 0 Å². The number of aliphatic carboxylic acids is 1. The molecule has 0 amide bonds. The number of carboxylic acid groups (broad SMARTS) is 1. The van der Waals surface area contributed by atoms with Crippen molar-refractivity contribution in [3.05, 3.63) is 29.3 Å². The summed E-state index contributed by atoms with van der Waals surface area (Å²) >= 11 is 0. The van der Waals surface area contributed by atoms with Crippen molar-refractivity contribution in [3.63, 3.8) is 0 Å². The Labute approximate surface area is 107 Å². The molecule has 0 unspecified atom stereocenters. The fourth-order valence-corrected chi connectivity index (χ4v) is 1.59. The second-order valence-corrected chi connectivity index (χ2v) is 4.01. The summed E-state index contributed by atoms with van der Waals surface area (Å²) in [7, 11) is 1.46. The van der Waals surface area contributed by atoms with Crippen LogP contribution < -0.4 is 4.74 Å². The van der Waals surface area contributed by atoms with Gasteiger partial charge >= 0.3 is 5.97 Å². The molecule has 4 nitrogen and oxygen atoms in total. The minimum Gasteiger partial charge on any atom is -0.504 e. The molecule has 18 heavy (non-hydrogen) atoms. The SMILES string of the molecule is CCCC/C(=C\c1ccc(O)c(OC)c1)C(=O)O. The van der Waals surface area contributed by atoms with Gasteiger partial charge in [0.25, 0.3) is 0 Å². The molecule has 0 atom stereocenters. The Bertz CT molecular complexity index is 449. The van der Waals surface area contributed by atoms with Crippen LogP contribution in [0.15, 0.2) is 23.8 Å². The lowest BCUT2D eigenvalue weighted by atomic mass is 10.1. The van der Waals surface area contributed by atoms with Crippen molar-refractivity contribution >= 4 is 12.0 Å². The number of carboxylic acids is 1. The van der Waals surface area contributed by atoms with E-state index >= 15 is 0 Å². The third-order valence-electron chi connectivity index (χ3n) is 2.62. The first kappa shape index (κ1) is 14.1. The van der Waals surface area contributed by atoms with Gasteiger partial charge < -0.3 is 14.9 Å². The van der Waals surface area contributed by atoms with E-state index < -0.39 is 5.97 Å². The van der Waals surface area contributed by atoms with E-state index in [0.29, 0.717) is 23.3 Å². The number of phenols is 1. The number of rotatable bonds is 6. The molecule has 98 valence electrons. The summed E-state index contributed by atoms with van der Waals surface area (Å²) in [6.45, 7) is 2.02. The maximum absolute atomic E-state index is 11.1. The summed E-state index contributed by atoms with van der Waals surface area (Å²) < 4.78 is 4.98. The first-order valence-corrected chi connectivity index (χ1v) is 5.89. The van der Waals surface area contributed by atoms with Gasteiger partial charge in [0.05, 0.1) is 7.11 Å². The Balaban J connectivity index is 3.00. The minimum absolute atomic E-state index is 0.0417. The molecule has 0 aliphatic heterocycles. The summed E-state index contributed by atoms with van der Waals surface area (Å²) in [6, 6.07) is 4.76. The Kier molecular flexibility index (Phi) is 5.24. The summed E-state index contributed by atoms with van der Waals surface area (Å²) in [5, 5.41) is 18.6. The lowest BCUT2D eigenvalue weighted by Crippen LogP contribution is -2.00. The second kappa shape index (κ2) is 6.69. The molecule has 0 bridgehead atoms. The van der Waals surface area contributed by atoms with Crippen molar-refractivity contribution in [2.45, 2.75) is 26.2 Å². The number of phenolic OH excluding ortho intramolecular Hbond substituents is 1. The molecule has 4 heteroatoms. The predicted molar refractivity (Wildman–Crippen MR) is 69.8 cm³/mol. The van der Waals surface area contributed by atoms with Crippen molar-refractivity contribution in [3.8, 4) is 11.5 Å². The monoisotopic (exact) mass is 250 g/mol. The van der Waals surface area contributed by atoms with E-state index in [9.17, 15) is 9.90 Å². The van der Waals surface area contributed by atoms with Crippen molar-refractivity contribution in [1.82, 2.24) is 0 Å². The van der Waals surface area contributed by atoms with E-state index in [2.05, 4.69) is 0 Å². The predicted octanol–water partition coefficient (Wildman–Crippen LogP) is 3.06. The zero-order valence-electron chi connectivity index (χ0n) is 10.6. The third-order valence-corrected chi connectivity index (χ3v) is 2.62. The number of methoxy groups -OCH3 is 1. The fraction of sp³-hybridized carbons (Fsp3) is 0.357. The molecule has 0 aliphatic carbocycles. The van der Waals surface area contributed by atoms with E-state index in [1.807, 2.05) is 6.92 Å². The fourth-order valence-electron chi connectivity index (χ4n) is 1.59. The van der Waals surface area contributed by atoms with Gasteiger partial charge in [0.2, 0.25) is 0 Å². The van der Waals surface area contributed by atoms with Crippen LogP contribution in [0.5, 0.6) is 11.5 Å². The van der Waals surface area contributed by atoms with Crippen LogP contribution in [-0.4, -0.2) is 23.3 Å². The van der Waals surface area contributed by atoms with Gasteiger partial charge in [-0.15, -0.1) is 0 Å². The highest BCUT2D eigenvalue weighted by atomic mass is 16.5. The van der Waals surface area contributed by atoms with E-state index in [4.69, 9.17) is 9.84 Å². The number of unbranched alkanes of at least 4 members (excludes halogenated alkanes) is 1. The molecule has 0 aliphatic rings. The molecule has 0 saturated carbocycles. The molecular formula is C14H18O4. The molecule has 0 heterocycles. The quantitative estimate of drug-likeness (QED) is 0.761. The third kappa shape index (κ3) is 3.80. The maximum Gasteiger partial charge on any atom is 0.331 e. The largest absolute Gasteiger partial charge is 0.504 e. The number of ether oxygens (including phenoxy) is 1. The summed E-state index contributed by atoms with van der Waals surface area (Å²) in [4.78, 5) is 11.1. The standard InChI is InChI=1S/C14H18O4/c1-3-4-5-11(14(16)17)8-10-6-7-12(15)13(9-10)18-2/h6-9,15H,3-5H2,1-2H3,(H,16,17)/b11-8+. The van der Waals surface area contributed by atoms with Gasteiger partial charge in [-0.05, 0) is 36.6 Å². The molecule has 0 radical (unpaired) electrons. The van der Waals surface area contributed by atoms with E-state index in [-0.39, 0.29) is 5.75 Å². The lowest BCUT2D eigenvalue weighted by molar-refractivity contribution is -0.132. The zero-order valence-corrected chi connectivity index (χ0v) is 10.6. The number of carbonyl (C=O) groups is 1. The molecule has 0 aromatic heterocycles. The van der Waals surface area contributed by atoms with Crippen LogP contribution in [0.2, 0.25) is 0 Å². The van der Waals surface area contributed by atoms with Crippen LogP contribution in [-0.2, 0) is 4.79 Å². The Morgan fingerprint density at radius 2 is 2.17 bits per heavy atom. The smallest absolute Gasteiger partial charge is 0.331 e. The average molecular weight is 250 g/mol. The van der Waals surface area contributed by atoms with Gasteiger partial charge in [0.15, 0.2) is 11.5 Å². The van der Waals surface area contributed by atoms with E-state index in [0.717, 1.165) is 12.8 Å². The number of hydrogen-bond acceptors (Lipinski definition) is 3. The number of aromatic hydroxyl groups is 1. The summed E-state index contributed by atoms with van der Waals surface area (Å²) in [5.41, 5.74) is 1.07. The molecule has 0 spiro atoms. The maximum atomic E-state index is 11.1. The van der Waals surface area contributed by atoms with E-state index in [1.54, 1.807) is 18.2 Å². The Morgan fingerprint density at radius 1 is 1.44 bits per heavy atom. The van der Waals surface area contributed by atoms with Crippen LogP contribution in [0.4, 0.5) is 0 Å². The molecular weight excluding hydrogens is 232 g/mol. The van der Waals surface area contributed by atoms with E-state index in [1.165, 1.54) is 13.2 Å². The van der Waals surface area contributed by atoms with Gasteiger partial charge in [0.1, 0.15) is 0 Å². The first-order chi connectivity index (χ1) is 8.58. The van der Waals surface area contributed by atoms with Crippen LogP contribution in [0.3, 0.4) is 0 Å². The number of benzene rings is 1. The highest BCUT2D eigenvalue weighted by molar-refractivity contribution is 5.92. The molecule has 0 saturated heterocycles. The Hall–Kier alpha value is -1.97. The molecule has 0 fully saturated rings. The highest BCUT2D eigenvalue weighted by Gasteiger charge is 2.08. The first-order valence-electron chi connectivity index (χ1n) is 5.89. The van der Waals surface area contributed by atoms with Crippen molar-refractivity contribution < 1.29 is 19.7 Å². The van der Waals surface area contributed by atoms with Crippen molar-refractivity contribution in [2.24, 2.45) is 0 Å². The van der Waals surface area contributed by atoms with Gasteiger partial charge in [-0.25, -0.2) is 4.79 Å². The molecule has 1 aromatic rings. The van der Waals surface area contributed by atoms with Gasteiger partial charge in [0, 0.05) is 5.57 Å². The normalized spacial score (nSPS) is 11.3. The average Bonchev–Trinajstić information content (AvgIpc) is 2.36. The van der Waals surface area contributed by atoms with Crippen LogP contribution in [0, 0.1) is 0 Å². The van der Waals surface area contributed by atoms with Gasteiger partial charge in [-0.3, -0.25) is 0 Å². The lowest BCUT2D eigenvalue weighted by Gasteiger charge is -2.05. The van der Waals surface area contributed by atoms with Crippen LogP contribution in [0.25, 0.3) is 6.08 Å². The van der Waals surface area contributed by atoms with Crippen LogP contribution >= 0.6 is 0 Å². The second-order valence-electron chi connectivity index (χ2n) is 4.01. The molecule has 2 N–H and O–H groups in total. The summed E-state index contributed by atoms with van der Waals surface area (Å²) in [6.07, 6.45) is 3.94. The van der Waals surface area contributed by atoms with Crippen molar-refractivity contribution in [1.29, 1.82) is 0 Å². The summed E-state index contributed by atoms with van der Waals surface area (Å²) in [5.74, 6) is -0.528. The van der Waals surface area contributed by atoms with Crippen molar-refractivity contribution in [2.75, 3.05) is 7.11 Å². The highest BCUT2D eigenvalue weighted by Crippen LogP contribution is 2.27. The molecule has 1 aromatic carbocycles. The molecule has 1 rings (SSSR count). The Morgan fingerprint density at radius 3 is 2.72 bits per heavy atom. The zero-order chi connectivity index (χ0) is 13.5. The van der Waals surface area contributed by atoms with Crippen LogP contribution in [0.1, 0.15) is 31.7 Å². The number of hydrogen-bond donors (Lipinski definition) is 2. The van der Waals surface area contributed by atoms with Gasteiger partial charge in [-0.1, -0.05) is 19.4 Å². The minimum atomic E-state index is -0.907.